The Bertz CT molecular complexity index is 557. The van der Waals surface area contributed by atoms with Gasteiger partial charge in [0.05, 0.1) is 17.2 Å². The summed E-state index contributed by atoms with van der Waals surface area (Å²) in [5.74, 6) is -1.63. The van der Waals surface area contributed by atoms with E-state index in [1.807, 2.05) is 0 Å². The van der Waals surface area contributed by atoms with E-state index in [1.54, 1.807) is 24.3 Å². The third-order valence-corrected chi connectivity index (χ3v) is 3.42. The fourth-order valence-corrected chi connectivity index (χ4v) is 2.31. The van der Waals surface area contributed by atoms with Gasteiger partial charge in [0.1, 0.15) is 0 Å². The minimum Gasteiger partial charge on any atom is -0.478 e. The molecule has 5 nitrogen and oxygen atoms in total. The van der Waals surface area contributed by atoms with Crippen molar-refractivity contribution in [1.82, 2.24) is 0 Å². The predicted octanol–water partition coefficient (Wildman–Crippen LogP) is 1.99. The van der Waals surface area contributed by atoms with Crippen molar-refractivity contribution in [3.8, 4) is 0 Å². The minimum atomic E-state index is -1.09. The molecule has 0 aliphatic heterocycles. The molecular weight excluding hydrogens is 312 g/mol. The Labute approximate surface area is 118 Å². The van der Waals surface area contributed by atoms with Gasteiger partial charge in [0, 0.05) is 10.5 Å². The smallest absolute Gasteiger partial charge is 0.337 e. The number of aromatic carboxylic acids is 1. The lowest BCUT2D eigenvalue weighted by Crippen LogP contribution is -2.24. The summed E-state index contributed by atoms with van der Waals surface area (Å²) in [6.45, 7) is 0. The summed E-state index contributed by atoms with van der Waals surface area (Å²) in [7, 11) is 0. The number of carboxylic acid groups (broad SMARTS) is 1. The van der Waals surface area contributed by atoms with E-state index in [1.165, 1.54) is 6.07 Å². The molecule has 1 aromatic rings. The molecule has 6 heteroatoms. The van der Waals surface area contributed by atoms with Gasteiger partial charge in [-0.05, 0) is 24.6 Å². The molecule has 0 fully saturated rings. The van der Waals surface area contributed by atoms with E-state index in [0.717, 1.165) is 0 Å². The lowest BCUT2D eigenvalue weighted by Gasteiger charge is -2.12. The van der Waals surface area contributed by atoms with E-state index < -0.39 is 5.97 Å². The van der Waals surface area contributed by atoms with Crippen LogP contribution in [0.1, 0.15) is 16.8 Å². The van der Waals surface area contributed by atoms with Gasteiger partial charge < -0.3 is 16.2 Å². The Hall–Kier alpha value is -1.66. The first-order valence-corrected chi connectivity index (χ1v) is 6.54. The number of carboxylic acids is 1. The number of nitrogens with one attached hydrogen (secondary N) is 1. The fraction of sp³-hybridized carbons (Fsp3) is 0.231. The number of amides is 1. The molecule has 0 saturated carbocycles. The van der Waals surface area contributed by atoms with Gasteiger partial charge in [0.2, 0.25) is 5.91 Å². The quantitative estimate of drug-likeness (QED) is 0.741. The molecule has 2 rings (SSSR count). The number of hydrogen-bond donors (Lipinski definition) is 3. The fourth-order valence-electron chi connectivity index (χ4n) is 1.95. The maximum absolute atomic E-state index is 12.0. The van der Waals surface area contributed by atoms with E-state index in [2.05, 4.69) is 21.2 Å². The normalized spacial score (nSPS) is 21.4. The average molecular weight is 325 g/mol. The summed E-state index contributed by atoms with van der Waals surface area (Å²) in [4.78, 5) is 23.1. The summed E-state index contributed by atoms with van der Waals surface area (Å²) in [5, 5.41) is 11.7. The van der Waals surface area contributed by atoms with Crippen molar-refractivity contribution < 1.29 is 14.7 Å². The summed E-state index contributed by atoms with van der Waals surface area (Å²) >= 11 is 3.20. The van der Waals surface area contributed by atoms with Crippen molar-refractivity contribution in [2.24, 2.45) is 11.7 Å². The van der Waals surface area contributed by atoms with Crippen LogP contribution >= 0.6 is 15.9 Å². The predicted molar refractivity (Wildman–Crippen MR) is 75.0 cm³/mol. The van der Waals surface area contributed by atoms with Crippen molar-refractivity contribution in [3.05, 3.63) is 40.4 Å². The third-order valence-electron chi connectivity index (χ3n) is 2.92. The minimum absolute atomic E-state index is 0.0500. The van der Waals surface area contributed by atoms with Crippen LogP contribution in [0.3, 0.4) is 0 Å². The van der Waals surface area contributed by atoms with Gasteiger partial charge in [-0.2, -0.15) is 0 Å². The highest BCUT2D eigenvalue weighted by Gasteiger charge is 2.24. The van der Waals surface area contributed by atoms with Crippen molar-refractivity contribution in [2.75, 3.05) is 5.32 Å². The SMILES string of the molecule is NC1C=CC(C(=O)Nc2ccc(Br)cc2C(=O)O)C1. The topological polar surface area (TPSA) is 92.4 Å². The second kappa shape index (κ2) is 5.54. The molecule has 1 aliphatic carbocycles. The molecule has 0 aromatic heterocycles. The summed E-state index contributed by atoms with van der Waals surface area (Å²) in [5.41, 5.74) is 6.02. The number of anilines is 1. The van der Waals surface area contributed by atoms with Crippen LogP contribution in [0.15, 0.2) is 34.8 Å². The average Bonchev–Trinajstić information content (AvgIpc) is 2.78. The Morgan fingerprint density at radius 1 is 1.37 bits per heavy atom. The number of benzene rings is 1. The number of hydrogen-bond acceptors (Lipinski definition) is 3. The molecule has 0 bridgehead atoms. The van der Waals surface area contributed by atoms with E-state index in [4.69, 9.17) is 10.8 Å². The molecule has 2 atom stereocenters. The molecule has 100 valence electrons. The van der Waals surface area contributed by atoms with Crippen molar-refractivity contribution in [2.45, 2.75) is 12.5 Å². The summed E-state index contributed by atoms with van der Waals surface area (Å²) < 4.78 is 0.644. The monoisotopic (exact) mass is 324 g/mol. The molecule has 0 spiro atoms. The summed E-state index contributed by atoms with van der Waals surface area (Å²) in [6, 6.07) is 4.58. The van der Waals surface area contributed by atoms with Crippen LogP contribution in [-0.2, 0) is 4.79 Å². The van der Waals surface area contributed by atoms with Crippen LogP contribution in [0.5, 0.6) is 0 Å². The van der Waals surface area contributed by atoms with Gasteiger partial charge in [0.15, 0.2) is 0 Å². The zero-order valence-electron chi connectivity index (χ0n) is 9.97. The number of halogens is 1. The zero-order valence-corrected chi connectivity index (χ0v) is 11.6. The largest absolute Gasteiger partial charge is 0.478 e. The lowest BCUT2D eigenvalue weighted by molar-refractivity contribution is -0.118. The molecule has 0 heterocycles. The molecule has 0 radical (unpaired) electrons. The number of rotatable bonds is 3. The van der Waals surface area contributed by atoms with Crippen molar-refractivity contribution in [1.29, 1.82) is 0 Å². The summed E-state index contributed by atoms with van der Waals surface area (Å²) in [6.07, 6.45) is 4.08. The van der Waals surface area contributed by atoms with E-state index >= 15 is 0 Å². The first-order valence-electron chi connectivity index (χ1n) is 5.75. The van der Waals surface area contributed by atoms with Gasteiger partial charge in [-0.1, -0.05) is 28.1 Å². The van der Waals surface area contributed by atoms with Crippen LogP contribution in [0.4, 0.5) is 5.69 Å². The Morgan fingerprint density at radius 2 is 2.11 bits per heavy atom. The molecule has 1 aromatic carbocycles. The van der Waals surface area contributed by atoms with E-state index in [9.17, 15) is 9.59 Å². The highest BCUT2D eigenvalue weighted by molar-refractivity contribution is 9.10. The van der Waals surface area contributed by atoms with Crippen molar-refractivity contribution >= 4 is 33.5 Å². The van der Waals surface area contributed by atoms with Gasteiger partial charge in [-0.25, -0.2) is 4.79 Å². The second-order valence-corrected chi connectivity index (χ2v) is 5.29. The van der Waals surface area contributed by atoms with Crippen LogP contribution in [0, 0.1) is 5.92 Å². The Morgan fingerprint density at radius 3 is 2.68 bits per heavy atom. The zero-order chi connectivity index (χ0) is 14.0. The number of carbonyl (C=O) groups is 2. The van der Waals surface area contributed by atoms with Crippen molar-refractivity contribution in [3.63, 3.8) is 0 Å². The number of carbonyl (C=O) groups excluding carboxylic acids is 1. The molecule has 19 heavy (non-hydrogen) atoms. The molecule has 1 amide bonds. The van der Waals surface area contributed by atoms with Gasteiger partial charge >= 0.3 is 5.97 Å². The molecule has 0 saturated heterocycles. The van der Waals surface area contributed by atoms with Crippen LogP contribution in [0.25, 0.3) is 0 Å². The Kier molecular flexibility index (Phi) is 4.01. The van der Waals surface area contributed by atoms with Gasteiger partial charge in [0.25, 0.3) is 0 Å². The Balaban J connectivity index is 2.17. The maximum Gasteiger partial charge on any atom is 0.337 e. The lowest BCUT2D eigenvalue weighted by atomic mass is 10.1. The van der Waals surface area contributed by atoms with Crippen LogP contribution < -0.4 is 11.1 Å². The molecule has 1 aliphatic rings. The third kappa shape index (κ3) is 3.21. The van der Waals surface area contributed by atoms with Crippen LogP contribution in [-0.4, -0.2) is 23.0 Å². The standard InChI is InChI=1S/C13H13BrN2O3/c14-8-2-4-11(10(6-8)13(18)19)16-12(17)7-1-3-9(15)5-7/h1-4,6-7,9H,5,15H2,(H,16,17)(H,18,19). The molecule has 2 unspecified atom stereocenters. The molecular formula is C13H13BrN2O3. The highest BCUT2D eigenvalue weighted by Crippen LogP contribution is 2.23. The second-order valence-electron chi connectivity index (χ2n) is 4.38. The molecule has 4 N–H and O–H groups in total. The highest BCUT2D eigenvalue weighted by atomic mass is 79.9. The van der Waals surface area contributed by atoms with E-state index in [-0.39, 0.29) is 29.1 Å². The van der Waals surface area contributed by atoms with Gasteiger partial charge in [-0.3, -0.25) is 4.79 Å². The van der Waals surface area contributed by atoms with Crippen LogP contribution in [0.2, 0.25) is 0 Å². The number of nitrogens with two attached hydrogens (primary N) is 1. The van der Waals surface area contributed by atoms with Gasteiger partial charge in [-0.15, -0.1) is 0 Å². The first-order chi connectivity index (χ1) is 8.97. The maximum atomic E-state index is 12.0. The first kappa shape index (κ1) is 13.8. The van der Waals surface area contributed by atoms with E-state index in [0.29, 0.717) is 10.9 Å².